The number of rotatable bonds is 6. The highest BCUT2D eigenvalue weighted by Gasteiger charge is 2.15. The molecule has 1 aliphatic rings. The van der Waals surface area contributed by atoms with Gasteiger partial charge in [0.1, 0.15) is 0 Å². The van der Waals surface area contributed by atoms with Crippen LogP contribution in [0.1, 0.15) is 12.8 Å². The van der Waals surface area contributed by atoms with Gasteiger partial charge in [-0.3, -0.25) is 4.72 Å². The van der Waals surface area contributed by atoms with Crippen LogP contribution >= 0.6 is 15.9 Å². The molecule has 7 nitrogen and oxygen atoms in total. The highest BCUT2D eigenvalue weighted by molar-refractivity contribution is 9.10. The largest absolute Gasteiger partial charge is 0.370 e. The quantitative estimate of drug-likeness (QED) is 0.552. The molecule has 0 aliphatic carbocycles. The normalized spacial score (nSPS) is 14.0. The Morgan fingerprint density at radius 1 is 0.931 bits per heavy atom. The summed E-state index contributed by atoms with van der Waals surface area (Å²) >= 11 is 3.30. The SMILES string of the molecule is O=S(=O)(Nc1ccc(Nc2cc(N3CCCC3)cnn2)cc1)c1ccc(Br)cc1. The smallest absolute Gasteiger partial charge is 0.261 e. The Morgan fingerprint density at radius 3 is 2.28 bits per heavy atom. The molecule has 1 aromatic heterocycles. The number of anilines is 4. The van der Waals surface area contributed by atoms with Gasteiger partial charge in [0.05, 0.1) is 16.8 Å². The van der Waals surface area contributed by atoms with Gasteiger partial charge in [0.25, 0.3) is 10.0 Å². The van der Waals surface area contributed by atoms with Gasteiger partial charge in [-0.05, 0) is 61.4 Å². The van der Waals surface area contributed by atoms with Crippen molar-refractivity contribution in [2.75, 3.05) is 28.0 Å². The summed E-state index contributed by atoms with van der Waals surface area (Å²) in [6.07, 6.45) is 4.17. The molecule has 1 fully saturated rings. The average molecular weight is 474 g/mol. The number of nitrogens with zero attached hydrogens (tertiary/aromatic N) is 3. The first-order valence-corrected chi connectivity index (χ1v) is 11.5. The van der Waals surface area contributed by atoms with Crippen molar-refractivity contribution in [3.05, 3.63) is 65.3 Å². The summed E-state index contributed by atoms with van der Waals surface area (Å²) in [6.45, 7) is 2.08. The summed E-state index contributed by atoms with van der Waals surface area (Å²) in [4.78, 5) is 2.50. The number of sulfonamides is 1. The molecule has 150 valence electrons. The fraction of sp³-hybridized carbons (Fsp3) is 0.200. The lowest BCUT2D eigenvalue weighted by molar-refractivity contribution is 0.601. The van der Waals surface area contributed by atoms with E-state index >= 15 is 0 Å². The van der Waals surface area contributed by atoms with Crippen molar-refractivity contribution >= 4 is 48.8 Å². The summed E-state index contributed by atoms with van der Waals surface area (Å²) in [5, 5.41) is 11.4. The van der Waals surface area contributed by atoms with Gasteiger partial charge >= 0.3 is 0 Å². The number of hydrogen-bond acceptors (Lipinski definition) is 6. The molecule has 2 aromatic carbocycles. The third-order valence-electron chi connectivity index (χ3n) is 4.64. The molecule has 0 bridgehead atoms. The van der Waals surface area contributed by atoms with E-state index in [1.165, 1.54) is 12.8 Å². The third kappa shape index (κ3) is 4.86. The van der Waals surface area contributed by atoms with Gasteiger partial charge in [-0.1, -0.05) is 15.9 Å². The fourth-order valence-corrected chi connectivity index (χ4v) is 4.49. The number of aromatic nitrogens is 2. The number of benzene rings is 2. The van der Waals surface area contributed by atoms with Crippen LogP contribution in [0, 0.1) is 0 Å². The van der Waals surface area contributed by atoms with Crippen LogP contribution in [0.5, 0.6) is 0 Å². The molecule has 2 N–H and O–H groups in total. The second kappa shape index (κ2) is 8.38. The van der Waals surface area contributed by atoms with Gasteiger partial charge in [0, 0.05) is 35.0 Å². The standard InChI is InChI=1S/C20H20BrN5O2S/c21-15-3-9-19(10-4-15)29(27,28)25-17-7-5-16(6-8-17)23-20-13-18(14-22-24-20)26-11-1-2-12-26/h3-10,13-14,25H,1-2,11-12H2,(H,23,24). The lowest BCUT2D eigenvalue weighted by Gasteiger charge is -2.17. The summed E-state index contributed by atoms with van der Waals surface area (Å²) in [5.41, 5.74) is 2.33. The Labute approximate surface area is 178 Å². The number of hydrogen-bond donors (Lipinski definition) is 2. The van der Waals surface area contributed by atoms with Crippen LogP contribution in [0.2, 0.25) is 0 Å². The highest BCUT2D eigenvalue weighted by Crippen LogP contribution is 2.24. The topological polar surface area (TPSA) is 87.2 Å². The fourth-order valence-electron chi connectivity index (χ4n) is 3.16. The molecule has 4 rings (SSSR count). The predicted molar refractivity (Wildman–Crippen MR) is 118 cm³/mol. The zero-order valence-corrected chi connectivity index (χ0v) is 17.9. The summed E-state index contributed by atoms with van der Waals surface area (Å²) in [7, 11) is -3.64. The first-order valence-electron chi connectivity index (χ1n) is 9.23. The van der Waals surface area contributed by atoms with Crippen molar-refractivity contribution in [3.63, 3.8) is 0 Å². The first-order chi connectivity index (χ1) is 14.0. The van der Waals surface area contributed by atoms with E-state index in [2.05, 4.69) is 41.1 Å². The van der Waals surface area contributed by atoms with Gasteiger partial charge in [-0.2, -0.15) is 5.10 Å². The highest BCUT2D eigenvalue weighted by atomic mass is 79.9. The van der Waals surface area contributed by atoms with Gasteiger partial charge in [-0.25, -0.2) is 8.42 Å². The van der Waals surface area contributed by atoms with Crippen molar-refractivity contribution in [2.24, 2.45) is 0 Å². The predicted octanol–water partition coefficient (Wildman–Crippen LogP) is 4.38. The molecule has 1 saturated heterocycles. The van der Waals surface area contributed by atoms with Crippen molar-refractivity contribution in [1.82, 2.24) is 10.2 Å². The molecular formula is C20H20BrN5O2S. The molecule has 0 amide bonds. The van der Waals surface area contributed by atoms with Crippen LogP contribution in [-0.2, 0) is 10.0 Å². The Bertz CT molecular complexity index is 1080. The Morgan fingerprint density at radius 2 is 1.59 bits per heavy atom. The zero-order chi connectivity index (χ0) is 20.3. The molecule has 2 heterocycles. The third-order valence-corrected chi connectivity index (χ3v) is 6.57. The average Bonchev–Trinajstić information content (AvgIpc) is 3.25. The molecule has 3 aromatic rings. The Hall–Kier alpha value is -2.65. The minimum atomic E-state index is -3.64. The molecule has 0 atom stereocenters. The van der Waals surface area contributed by atoms with E-state index in [4.69, 9.17) is 0 Å². The molecule has 0 saturated carbocycles. The molecule has 0 unspecified atom stereocenters. The van der Waals surface area contributed by atoms with E-state index in [-0.39, 0.29) is 4.90 Å². The van der Waals surface area contributed by atoms with Crippen LogP contribution in [0.3, 0.4) is 0 Å². The van der Waals surface area contributed by atoms with Gasteiger partial charge in [-0.15, -0.1) is 5.10 Å². The maximum absolute atomic E-state index is 12.5. The number of nitrogens with one attached hydrogen (secondary N) is 2. The van der Waals surface area contributed by atoms with Crippen LogP contribution in [0.25, 0.3) is 0 Å². The van der Waals surface area contributed by atoms with Crippen LogP contribution in [0.15, 0.2) is 70.2 Å². The second-order valence-corrected chi connectivity index (χ2v) is 9.35. The van der Waals surface area contributed by atoms with E-state index < -0.39 is 10.0 Å². The first kappa shape index (κ1) is 19.7. The van der Waals surface area contributed by atoms with Crippen LogP contribution in [0.4, 0.5) is 22.9 Å². The summed E-state index contributed by atoms with van der Waals surface area (Å²) in [5.74, 6) is 0.651. The molecular weight excluding hydrogens is 454 g/mol. The second-order valence-electron chi connectivity index (χ2n) is 6.75. The van der Waals surface area contributed by atoms with Crippen molar-refractivity contribution in [3.8, 4) is 0 Å². The van der Waals surface area contributed by atoms with Gasteiger partial charge in [0.2, 0.25) is 0 Å². The van der Waals surface area contributed by atoms with E-state index in [0.717, 1.165) is 28.9 Å². The lowest BCUT2D eigenvalue weighted by atomic mass is 10.3. The maximum atomic E-state index is 12.5. The van der Waals surface area contributed by atoms with Crippen molar-refractivity contribution in [2.45, 2.75) is 17.7 Å². The number of halogens is 1. The van der Waals surface area contributed by atoms with Gasteiger partial charge in [0.15, 0.2) is 5.82 Å². The molecule has 0 radical (unpaired) electrons. The molecule has 1 aliphatic heterocycles. The summed E-state index contributed by atoms with van der Waals surface area (Å²) < 4.78 is 28.4. The van der Waals surface area contributed by atoms with Crippen molar-refractivity contribution < 1.29 is 8.42 Å². The van der Waals surface area contributed by atoms with Gasteiger partial charge < -0.3 is 10.2 Å². The monoisotopic (exact) mass is 473 g/mol. The van der Waals surface area contributed by atoms with E-state index in [1.54, 1.807) is 54.7 Å². The van der Waals surface area contributed by atoms with E-state index in [9.17, 15) is 8.42 Å². The van der Waals surface area contributed by atoms with E-state index in [1.807, 2.05) is 6.07 Å². The Balaban J connectivity index is 1.44. The summed E-state index contributed by atoms with van der Waals surface area (Å²) in [6, 6.07) is 15.5. The van der Waals surface area contributed by atoms with Crippen LogP contribution < -0.4 is 14.9 Å². The van der Waals surface area contributed by atoms with E-state index in [0.29, 0.717) is 11.5 Å². The minimum absolute atomic E-state index is 0.205. The molecule has 29 heavy (non-hydrogen) atoms. The Kier molecular flexibility index (Phi) is 5.68. The molecule has 9 heteroatoms. The lowest BCUT2D eigenvalue weighted by Crippen LogP contribution is -2.18. The van der Waals surface area contributed by atoms with Crippen LogP contribution in [-0.4, -0.2) is 31.7 Å². The molecule has 0 spiro atoms. The van der Waals surface area contributed by atoms with Crippen molar-refractivity contribution in [1.29, 1.82) is 0 Å². The maximum Gasteiger partial charge on any atom is 0.261 e. The minimum Gasteiger partial charge on any atom is -0.370 e. The zero-order valence-electron chi connectivity index (χ0n) is 15.5.